The van der Waals surface area contributed by atoms with Crippen LogP contribution in [0.1, 0.15) is 29.2 Å². The Kier molecular flexibility index (Phi) is 7.18. The number of rotatable bonds is 7. The van der Waals surface area contributed by atoms with Gasteiger partial charge in [0.05, 0.1) is 7.11 Å². The zero-order chi connectivity index (χ0) is 22.2. The molecule has 0 aliphatic heterocycles. The molecular weight excluding hydrogens is 391 g/mol. The van der Waals surface area contributed by atoms with Crippen LogP contribution >= 0.6 is 0 Å². The molecule has 0 aliphatic carbocycles. The Morgan fingerprint density at radius 1 is 1.10 bits per heavy atom. The molecule has 0 fully saturated rings. The fourth-order valence-corrected chi connectivity index (χ4v) is 3.32. The van der Waals surface area contributed by atoms with Crippen LogP contribution in [-0.4, -0.2) is 13.0 Å². The van der Waals surface area contributed by atoms with Crippen LogP contribution < -0.4 is 10.1 Å². The van der Waals surface area contributed by atoms with Crippen LogP contribution in [0.25, 0.3) is 6.08 Å². The van der Waals surface area contributed by atoms with E-state index in [4.69, 9.17) is 4.74 Å². The molecule has 5 heteroatoms. The summed E-state index contributed by atoms with van der Waals surface area (Å²) < 4.78 is 19.0. The monoisotopic (exact) mass is 414 g/mol. The van der Waals surface area contributed by atoms with E-state index in [0.717, 1.165) is 23.1 Å². The zero-order valence-electron chi connectivity index (χ0n) is 17.5. The second-order valence-electron chi connectivity index (χ2n) is 7.01. The van der Waals surface area contributed by atoms with E-state index in [0.29, 0.717) is 23.4 Å². The lowest BCUT2D eigenvalue weighted by Crippen LogP contribution is -2.14. The maximum absolute atomic E-state index is 13.5. The van der Waals surface area contributed by atoms with Crippen molar-refractivity contribution in [2.75, 3.05) is 12.4 Å². The number of anilines is 1. The van der Waals surface area contributed by atoms with Crippen molar-refractivity contribution in [3.8, 4) is 11.8 Å². The first-order valence-electron chi connectivity index (χ1n) is 9.96. The van der Waals surface area contributed by atoms with Gasteiger partial charge in [-0.25, -0.2) is 4.39 Å². The number of carbonyl (C=O) groups is 1. The SMILES string of the molecule is CCc1ccccc1NC(=O)/C(C#N)=C/c1ccc(Cc2cccc(F)c2)c(OC)c1. The van der Waals surface area contributed by atoms with Gasteiger partial charge in [-0.3, -0.25) is 4.79 Å². The number of nitriles is 1. The van der Waals surface area contributed by atoms with Crippen molar-refractivity contribution in [3.63, 3.8) is 0 Å². The molecule has 0 radical (unpaired) electrons. The third kappa shape index (κ3) is 5.58. The number of ether oxygens (including phenoxy) is 1. The highest BCUT2D eigenvalue weighted by atomic mass is 19.1. The number of amides is 1. The summed E-state index contributed by atoms with van der Waals surface area (Å²) in [5.74, 6) is -0.149. The molecule has 0 saturated carbocycles. The summed E-state index contributed by atoms with van der Waals surface area (Å²) in [6.07, 6.45) is 2.80. The summed E-state index contributed by atoms with van der Waals surface area (Å²) >= 11 is 0. The smallest absolute Gasteiger partial charge is 0.266 e. The van der Waals surface area contributed by atoms with Crippen LogP contribution in [0.2, 0.25) is 0 Å². The summed E-state index contributed by atoms with van der Waals surface area (Å²) in [6.45, 7) is 2.00. The quantitative estimate of drug-likeness (QED) is 0.408. The molecule has 0 spiro atoms. The second-order valence-corrected chi connectivity index (χ2v) is 7.01. The van der Waals surface area contributed by atoms with Gasteiger partial charge in [0.1, 0.15) is 23.2 Å². The number of nitrogens with one attached hydrogen (secondary N) is 1. The first kappa shape index (κ1) is 21.8. The minimum Gasteiger partial charge on any atom is -0.496 e. The van der Waals surface area contributed by atoms with Gasteiger partial charge in [0.25, 0.3) is 5.91 Å². The van der Waals surface area contributed by atoms with Gasteiger partial charge in [0, 0.05) is 12.1 Å². The average Bonchev–Trinajstić information content (AvgIpc) is 2.78. The predicted molar refractivity (Wildman–Crippen MR) is 120 cm³/mol. The highest BCUT2D eigenvalue weighted by molar-refractivity contribution is 6.10. The molecule has 156 valence electrons. The van der Waals surface area contributed by atoms with E-state index < -0.39 is 5.91 Å². The summed E-state index contributed by atoms with van der Waals surface area (Å²) in [7, 11) is 1.55. The van der Waals surface area contributed by atoms with Crippen LogP contribution in [0.5, 0.6) is 5.75 Å². The van der Waals surface area contributed by atoms with Gasteiger partial charge in [-0.1, -0.05) is 49.4 Å². The molecule has 1 amide bonds. The van der Waals surface area contributed by atoms with E-state index >= 15 is 0 Å². The van der Waals surface area contributed by atoms with E-state index in [1.54, 1.807) is 19.2 Å². The normalized spacial score (nSPS) is 11.0. The molecule has 3 aromatic rings. The minimum atomic E-state index is -0.466. The fourth-order valence-electron chi connectivity index (χ4n) is 3.32. The van der Waals surface area contributed by atoms with E-state index in [1.165, 1.54) is 18.2 Å². The van der Waals surface area contributed by atoms with Crippen LogP contribution in [0, 0.1) is 17.1 Å². The van der Waals surface area contributed by atoms with Gasteiger partial charge in [0.2, 0.25) is 0 Å². The number of benzene rings is 3. The van der Waals surface area contributed by atoms with E-state index in [2.05, 4.69) is 5.32 Å². The van der Waals surface area contributed by atoms with Crippen molar-refractivity contribution < 1.29 is 13.9 Å². The molecule has 0 atom stereocenters. The Morgan fingerprint density at radius 2 is 1.90 bits per heavy atom. The molecule has 0 bridgehead atoms. The van der Waals surface area contributed by atoms with Crippen LogP contribution in [0.4, 0.5) is 10.1 Å². The summed E-state index contributed by atoms with van der Waals surface area (Å²) in [6, 6.07) is 21.3. The predicted octanol–water partition coefficient (Wildman–Crippen LogP) is 5.53. The maximum atomic E-state index is 13.5. The molecule has 3 rings (SSSR count). The van der Waals surface area contributed by atoms with Crippen molar-refractivity contribution in [3.05, 3.63) is 100 Å². The fraction of sp³-hybridized carbons (Fsp3) is 0.154. The number of methoxy groups -OCH3 is 1. The van der Waals surface area contributed by atoms with Crippen molar-refractivity contribution in [2.24, 2.45) is 0 Å². The van der Waals surface area contributed by atoms with Gasteiger partial charge >= 0.3 is 0 Å². The molecule has 3 aromatic carbocycles. The van der Waals surface area contributed by atoms with Crippen molar-refractivity contribution >= 4 is 17.7 Å². The average molecular weight is 414 g/mol. The molecule has 0 aromatic heterocycles. The Morgan fingerprint density at radius 3 is 2.61 bits per heavy atom. The third-order valence-corrected chi connectivity index (χ3v) is 4.92. The lowest BCUT2D eigenvalue weighted by atomic mass is 10.0. The van der Waals surface area contributed by atoms with Crippen LogP contribution in [0.3, 0.4) is 0 Å². The van der Waals surface area contributed by atoms with Gasteiger partial charge in [-0.15, -0.1) is 0 Å². The highest BCUT2D eigenvalue weighted by Gasteiger charge is 2.12. The molecule has 4 nitrogen and oxygen atoms in total. The Balaban J connectivity index is 1.83. The minimum absolute atomic E-state index is 0.00848. The van der Waals surface area contributed by atoms with Crippen molar-refractivity contribution in [2.45, 2.75) is 19.8 Å². The number of carbonyl (C=O) groups excluding carboxylic acids is 1. The molecule has 0 heterocycles. The summed E-state index contributed by atoms with van der Waals surface area (Å²) in [5, 5.41) is 12.3. The summed E-state index contributed by atoms with van der Waals surface area (Å²) in [4.78, 5) is 12.6. The number of para-hydroxylation sites is 1. The van der Waals surface area contributed by atoms with Gasteiger partial charge in [0.15, 0.2) is 0 Å². The number of hydrogen-bond donors (Lipinski definition) is 1. The highest BCUT2D eigenvalue weighted by Crippen LogP contribution is 2.25. The van der Waals surface area contributed by atoms with E-state index in [-0.39, 0.29) is 11.4 Å². The Labute approximate surface area is 181 Å². The lowest BCUT2D eigenvalue weighted by molar-refractivity contribution is -0.112. The van der Waals surface area contributed by atoms with Crippen LogP contribution in [-0.2, 0) is 17.6 Å². The van der Waals surface area contributed by atoms with E-state index in [1.807, 2.05) is 55.5 Å². The molecule has 1 N–H and O–H groups in total. The zero-order valence-corrected chi connectivity index (χ0v) is 17.5. The Hall–Kier alpha value is -3.91. The number of aryl methyl sites for hydroxylation is 1. The lowest BCUT2D eigenvalue weighted by Gasteiger charge is -2.11. The Bertz CT molecular complexity index is 1160. The molecule has 0 aliphatic rings. The summed E-state index contributed by atoms with van der Waals surface area (Å²) in [5.41, 5.74) is 4.05. The third-order valence-electron chi connectivity index (χ3n) is 4.92. The number of halogens is 1. The second kappa shape index (κ2) is 10.2. The van der Waals surface area contributed by atoms with Gasteiger partial charge in [-0.05, 0) is 59.0 Å². The van der Waals surface area contributed by atoms with Crippen molar-refractivity contribution in [1.82, 2.24) is 0 Å². The molecule has 0 unspecified atom stereocenters. The molecule has 31 heavy (non-hydrogen) atoms. The maximum Gasteiger partial charge on any atom is 0.266 e. The van der Waals surface area contributed by atoms with Crippen LogP contribution in [0.15, 0.2) is 72.3 Å². The van der Waals surface area contributed by atoms with Crippen molar-refractivity contribution in [1.29, 1.82) is 5.26 Å². The topological polar surface area (TPSA) is 62.1 Å². The van der Waals surface area contributed by atoms with Gasteiger partial charge in [-0.2, -0.15) is 5.26 Å². The molecule has 0 saturated heterocycles. The van der Waals surface area contributed by atoms with Gasteiger partial charge < -0.3 is 10.1 Å². The number of hydrogen-bond acceptors (Lipinski definition) is 3. The number of nitrogens with zero attached hydrogens (tertiary/aromatic N) is 1. The molecular formula is C26H23FN2O2. The largest absolute Gasteiger partial charge is 0.496 e. The first-order valence-corrected chi connectivity index (χ1v) is 9.96. The first-order chi connectivity index (χ1) is 15.0. The van der Waals surface area contributed by atoms with E-state index in [9.17, 15) is 14.4 Å². The standard InChI is InChI=1S/C26H23FN2O2/c1-3-20-8-4-5-10-24(20)29-26(30)22(17-28)14-19-11-12-21(25(16-19)31-2)13-18-7-6-9-23(27)15-18/h4-12,14-16H,3,13H2,1-2H3,(H,29,30)/b22-14+.